The van der Waals surface area contributed by atoms with Crippen LogP contribution in [0.2, 0.25) is 0 Å². The SMILES string of the molecule is C=C1/C=C\C=C/CCC(Nc2nc(-c3ccc(NC(=O)CCCCCNC(=O)CCOCCOCCOCCOCCNC(=O)c4ccc(-c5c6ccc(=[N+](C)C)cc-6oc6cc(N(C)C)ccc56)c(C(=O)O)c4)cc3)nc3ccccc23)C1. The molecule has 440 valence electrons. The number of unbranched alkanes of at least 4 members (excludes halogenated alkanes) is 2. The van der Waals surface area contributed by atoms with Gasteiger partial charge in [-0.2, -0.15) is 0 Å². The van der Waals surface area contributed by atoms with Crippen LogP contribution in [-0.2, 0) is 28.5 Å². The van der Waals surface area contributed by atoms with Crippen LogP contribution in [0.3, 0.4) is 0 Å². The summed E-state index contributed by atoms with van der Waals surface area (Å²) in [5.41, 5.74) is 7.13. The number of nitrogens with one attached hydrogen (secondary N) is 4. The number of nitrogens with zero attached hydrogens (tertiary/aromatic N) is 4. The highest BCUT2D eigenvalue weighted by molar-refractivity contribution is 6.09. The monoisotopic (exact) mass is 1140 g/mol. The van der Waals surface area contributed by atoms with E-state index in [1.54, 1.807) is 12.1 Å². The minimum absolute atomic E-state index is 0.00682. The largest absolute Gasteiger partial charge is 0.478 e. The summed E-state index contributed by atoms with van der Waals surface area (Å²) < 4.78 is 30.7. The number of aromatic nitrogens is 2. The van der Waals surface area contributed by atoms with E-state index in [0.717, 1.165) is 82.0 Å². The van der Waals surface area contributed by atoms with Gasteiger partial charge in [0, 0.05) is 103 Å². The Kier molecular flexibility index (Phi) is 22.9. The van der Waals surface area contributed by atoms with Crippen LogP contribution in [-0.4, -0.2) is 139 Å². The maximum Gasteiger partial charge on any atom is 0.336 e. The topological polar surface area (TPSA) is 219 Å². The van der Waals surface area contributed by atoms with Gasteiger partial charge in [-0.1, -0.05) is 61.1 Å². The number of carboxylic acid groups (broad SMARTS) is 1. The molecule has 3 aliphatic rings. The van der Waals surface area contributed by atoms with Gasteiger partial charge in [-0.3, -0.25) is 14.4 Å². The lowest BCUT2D eigenvalue weighted by Gasteiger charge is -2.20. The number of allylic oxidation sites excluding steroid dienone is 4. The molecule has 0 radical (unpaired) electrons. The van der Waals surface area contributed by atoms with Crippen molar-refractivity contribution in [1.29, 1.82) is 0 Å². The number of hydrogen-bond donors (Lipinski definition) is 5. The second-order valence-electron chi connectivity index (χ2n) is 20.9. The first-order valence-electron chi connectivity index (χ1n) is 28.7. The molecule has 18 nitrogen and oxygen atoms in total. The molecule has 3 amide bonds. The Morgan fingerprint density at radius 2 is 1.46 bits per heavy atom. The molecule has 0 spiro atoms. The lowest BCUT2D eigenvalue weighted by atomic mass is 9.89. The van der Waals surface area contributed by atoms with Crippen molar-refractivity contribution in [3.63, 3.8) is 0 Å². The molecule has 4 aromatic carbocycles. The molecular weight excluding hydrogens is 1060 g/mol. The zero-order valence-electron chi connectivity index (χ0n) is 48.5. The third-order valence-corrected chi connectivity index (χ3v) is 14.2. The van der Waals surface area contributed by atoms with Gasteiger partial charge in [-0.15, -0.1) is 0 Å². The van der Waals surface area contributed by atoms with Crippen molar-refractivity contribution in [2.45, 2.75) is 57.4 Å². The number of benzene rings is 5. The van der Waals surface area contributed by atoms with Crippen LogP contribution in [0, 0.1) is 0 Å². The van der Waals surface area contributed by atoms with Crippen molar-refractivity contribution in [1.82, 2.24) is 25.2 Å². The van der Waals surface area contributed by atoms with Crippen molar-refractivity contribution in [2.24, 2.45) is 0 Å². The molecule has 2 aliphatic carbocycles. The number of carboxylic acids is 1. The van der Waals surface area contributed by atoms with Gasteiger partial charge in [0.25, 0.3) is 5.91 Å². The number of carbonyl (C=O) groups excluding carboxylic acids is 3. The van der Waals surface area contributed by atoms with Crippen LogP contribution in [0.25, 0.3) is 55.7 Å². The number of aromatic carboxylic acids is 1. The Morgan fingerprint density at radius 3 is 2.21 bits per heavy atom. The molecule has 0 bridgehead atoms. The van der Waals surface area contributed by atoms with Gasteiger partial charge in [0.2, 0.25) is 17.2 Å². The van der Waals surface area contributed by atoms with Crippen LogP contribution in [0.5, 0.6) is 0 Å². The third-order valence-electron chi connectivity index (χ3n) is 14.2. The quantitative estimate of drug-likeness (QED) is 0.0168. The molecule has 2 heterocycles. The summed E-state index contributed by atoms with van der Waals surface area (Å²) in [6.45, 7) is 7.55. The van der Waals surface area contributed by atoms with E-state index in [0.29, 0.717) is 93.0 Å². The van der Waals surface area contributed by atoms with E-state index >= 15 is 0 Å². The Balaban J connectivity index is 0.636. The molecule has 1 aliphatic heterocycles. The van der Waals surface area contributed by atoms with E-state index in [-0.39, 0.29) is 55.2 Å². The molecule has 0 saturated carbocycles. The molecule has 84 heavy (non-hydrogen) atoms. The molecule has 18 heteroatoms. The maximum absolute atomic E-state index is 13.2. The summed E-state index contributed by atoms with van der Waals surface area (Å²) in [6, 6.07) is 32.1. The van der Waals surface area contributed by atoms with E-state index in [2.05, 4.69) is 46.1 Å². The first-order valence-corrected chi connectivity index (χ1v) is 28.7. The number of fused-ring (bicyclic) bond motifs is 3. The fourth-order valence-electron chi connectivity index (χ4n) is 9.67. The summed E-state index contributed by atoms with van der Waals surface area (Å²) in [6.07, 6.45) is 13.9. The summed E-state index contributed by atoms with van der Waals surface area (Å²) in [5, 5.41) is 25.5. The van der Waals surface area contributed by atoms with Gasteiger partial charge in [0.1, 0.15) is 31.3 Å². The zero-order chi connectivity index (χ0) is 59.2. The van der Waals surface area contributed by atoms with Gasteiger partial charge in [0.05, 0.1) is 70.0 Å². The number of anilines is 3. The highest BCUT2D eigenvalue weighted by Gasteiger charge is 2.24. The molecule has 0 fully saturated rings. The van der Waals surface area contributed by atoms with Gasteiger partial charge in [-0.25, -0.2) is 19.3 Å². The van der Waals surface area contributed by atoms with E-state index in [9.17, 15) is 24.3 Å². The number of rotatable bonds is 29. The standard InChI is InChI=1S/C66H76N8O10/c1-45-15-9-6-7-10-16-49(41-45)70-64-53-17-12-13-18-57(53)71-63(72-64)46-20-23-48(24-21-46)69-61(76)19-11-8-14-31-67-60(75)30-33-80-35-37-82-39-40-83-38-36-81-34-32-68-65(77)47-22-27-52(56(42-47)66(78)79)62-54-28-25-50(73(2)3)43-58(54)84-59-44-51(74(4)5)26-29-55(59)62/h6-7,9,12-13,15,17-18,20-29,42-44,49H,1,8,10-11,14,16,19,30-41H2,2-5H3,(H4-,67,68,69,70,71,72,75,76,77,78,79)/p+1/b7-6-,15-9-. The molecule has 1 aromatic heterocycles. The molecule has 1 unspecified atom stereocenters. The fraction of sp³-hybridized carbons (Fsp3) is 0.348. The van der Waals surface area contributed by atoms with Crippen LogP contribution < -0.4 is 36.1 Å². The number of amides is 3. The molecule has 5 aromatic rings. The molecule has 1 atom stereocenters. The lowest BCUT2D eigenvalue weighted by molar-refractivity contribution is -0.122. The number of para-hydroxylation sites is 1. The predicted molar refractivity (Wildman–Crippen MR) is 331 cm³/mol. The van der Waals surface area contributed by atoms with Crippen LogP contribution in [0.15, 0.2) is 144 Å². The minimum Gasteiger partial charge on any atom is -0.478 e. The Labute approximate surface area is 490 Å². The van der Waals surface area contributed by atoms with E-state index < -0.39 is 11.9 Å². The van der Waals surface area contributed by atoms with Crippen molar-refractivity contribution in [3.8, 4) is 33.8 Å². The third kappa shape index (κ3) is 17.7. The van der Waals surface area contributed by atoms with E-state index in [1.165, 1.54) is 6.07 Å². The summed E-state index contributed by atoms with van der Waals surface area (Å²) in [5.74, 6) is 0.260. The van der Waals surface area contributed by atoms with Crippen LogP contribution in [0.1, 0.15) is 72.1 Å². The van der Waals surface area contributed by atoms with E-state index in [1.807, 2.05) is 129 Å². The molecule has 8 rings (SSSR count). The average molecular weight is 1140 g/mol. The summed E-state index contributed by atoms with van der Waals surface area (Å²) >= 11 is 0. The Hall–Kier alpha value is -8.55. The smallest absolute Gasteiger partial charge is 0.336 e. The normalized spacial score (nSPS) is 14.1. The second-order valence-corrected chi connectivity index (χ2v) is 20.9. The fourth-order valence-corrected chi connectivity index (χ4v) is 9.67. The minimum atomic E-state index is -1.16. The first kappa shape index (κ1) is 61.5. The van der Waals surface area contributed by atoms with Crippen molar-refractivity contribution in [3.05, 3.63) is 156 Å². The van der Waals surface area contributed by atoms with Crippen molar-refractivity contribution in [2.75, 3.05) is 110 Å². The lowest BCUT2D eigenvalue weighted by Crippen LogP contribution is -2.28. The molecular formula is C66H77N8O10+. The average Bonchev–Trinajstić information content (AvgIpc) is 2.89. The molecule has 5 N–H and O–H groups in total. The maximum atomic E-state index is 13.2. The number of carbonyl (C=O) groups is 4. The van der Waals surface area contributed by atoms with E-state index in [4.69, 9.17) is 33.3 Å². The number of hydrogen-bond acceptors (Lipinski definition) is 13. The first-order chi connectivity index (χ1) is 40.8. The summed E-state index contributed by atoms with van der Waals surface area (Å²) in [7, 11) is 7.77. The van der Waals surface area contributed by atoms with Gasteiger partial charge in [-0.05, 0) is 104 Å². The Bertz CT molecular complexity index is 3510. The Morgan fingerprint density at radius 1 is 0.726 bits per heavy atom. The van der Waals surface area contributed by atoms with Gasteiger partial charge >= 0.3 is 5.97 Å². The highest BCUT2D eigenvalue weighted by atomic mass is 16.6. The number of ether oxygens (including phenoxy) is 4. The highest BCUT2D eigenvalue weighted by Crippen LogP contribution is 2.42. The van der Waals surface area contributed by atoms with Crippen molar-refractivity contribution < 1.29 is 47.6 Å². The van der Waals surface area contributed by atoms with Crippen LogP contribution in [0.4, 0.5) is 17.2 Å². The van der Waals surface area contributed by atoms with Gasteiger partial charge < -0.3 is 54.6 Å². The van der Waals surface area contributed by atoms with Crippen molar-refractivity contribution >= 4 is 62.8 Å². The van der Waals surface area contributed by atoms with Gasteiger partial charge in [0.15, 0.2) is 5.82 Å². The zero-order valence-corrected chi connectivity index (χ0v) is 48.5. The summed E-state index contributed by atoms with van der Waals surface area (Å²) in [4.78, 5) is 62.9. The second kappa shape index (κ2) is 31.2. The predicted octanol–water partition coefficient (Wildman–Crippen LogP) is 9.75. The molecule has 0 saturated heterocycles. The van der Waals surface area contributed by atoms with Crippen LogP contribution >= 0.6 is 0 Å².